The molecule has 0 radical (unpaired) electrons. The number of thiophene rings is 1. The maximum atomic E-state index is 6.55. The predicted octanol–water partition coefficient (Wildman–Crippen LogP) is 11.4. The molecule has 0 bridgehead atoms. The third-order valence-electron chi connectivity index (χ3n) is 9.12. The number of hydrogen-bond donors (Lipinski definition) is 0. The number of aryl methyl sites for hydroxylation is 1. The molecule has 4 heteroatoms. The van der Waals surface area contributed by atoms with Crippen molar-refractivity contribution in [1.29, 1.82) is 0 Å². The van der Waals surface area contributed by atoms with Gasteiger partial charge in [0.1, 0.15) is 11.3 Å². The van der Waals surface area contributed by atoms with Crippen molar-refractivity contribution in [1.82, 2.24) is 9.55 Å². The minimum absolute atomic E-state index is 0.842. The molecule has 0 spiro atoms. The van der Waals surface area contributed by atoms with Crippen LogP contribution in [-0.4, -0.2) is 9.55 Å². The molecule has 7 aromatic carbocycles. The summed E-state index contributed by atoms with van der Waals surface area (Å²) in [6.45, 7) is 2.06. The molecule has 10 rings (SSSR count). The topological polar surface area (TPSA) is 27.1 Å². The zero-order valence-electron chi connectivity index (χ0n) is 23.8. The number of rotatable bonds is 2. The third kappa shape index (κ3) is 3.23. The van der Waals surface area contributed by atoms with Gasteiger partial charge in [0.2, 0.25) is 0 Å². The molecule has 0 saturated carbocycles. The molecular weight excluding hydrogens is 557 g/mol. The lowest BCUT2D eigenvalue weighted by atomic mass is 9.86. The maximum Gasteiger partial charge on any atom is 0.153 e. The molecule has 0 amide bonds. The van der Waals surface area contributed by atoms with E-state index in [1.54, 1.807) is 0 Å². The summed E-state index contributed by atoms with van der Waals surface area (Å²) in [5, 5.41) is 7.61. The van der Waals surface area contributed by atoms with Crippen LogP contribution < -0.4 is 4.74 Å². The van der Waals surface area contributed by atoms with Gasteiger partial charge in [-0.05, 0) is 87.1 Å². The van der Waals surface area contributed by atoms with Crippen LogP contribution in [0.1, 0.15) is 5.82 Å². The SMILES string of the molecule is Cc1nc2cccc3c2n1-c1ccc(-c2c4ccccc4c(-c4ccc5c(c4)sc4ccccc45)c4ccccc24)cc1O3. The molecule has 9 aromatic rings. The number of benzene rings is 7. The van der Waals surface area contributed by atoms with Gasteiger partial charge in [0.15, 0.2) is 11.5 Å². The molecule has 2 aromatic heterocycles. The average Bonchev–Trinajstić information content (AvgIpc) is 3.61. The average molecular weight is 581 g/mol. The van der Waals surface area contributed by atoms with Crippen molar-refractivity contribution in [3.63, 3.8) is 0 Å². The first-order valence-corrected chi connectivity index (χ1v) is 15.7. The van der Waals surface area contributed by atoms with Gasteiger partial charge in [-0.3, -0.25) is 4.57 Å². The van der Waals surface area contributed by atoms with Gasteiger partial charge in [0.25, 0.3) is 0 Å². The summed E-state index contributed by atoms with van der Waals surface area (Å²) in [5.74, 6) is 2.64. The van der Waals surface area contributed by atoms with Gasteiger partial charge in [-0.15, -0.1) is 11.3 Å². The van der Waals surface area contributed by atoms with E-state index in [1.807, 2.05) is 29.5 Å². The molecule has 1 aliphatic rings. The zero-order valence-corrected chi connectivity index (χ0v) is 24.7. The summed E-state index contributed by atoms with van der Waals surface area (Å²) < 4.78 is 11.4. The van der Waals surface area contributed by atoms with Gasteiger partial charge in [-0.25, -0.2) is 4.98 Å². The lowest BCUT2D eigenvalue weighted by Gasteiger charge is -2.22. The Labute approximate surface area is 257 Å². The van der Waals surface area contributed by atoms with E-state index >= 15 is 0 Å². The fourth-order valence-electron chi connectivity index (χ4n) is 7.28. The summed E-state index contributed by atoms with van der Waals surface area (Å²) in [6.07, 6.45) is 0. The minimum atomic E-state index is 0.842. The van der Waals surface area contributed by atoms with Crippen molar-refractivity contribution in [3.8, 4) is 39.4 Å². The van der Waals surface area contributed by atoms with Crippen LogP contribution in [-0.2, 0) is 0 Å². The monoisotopic (exact) mass is 580 g/mol. The Bertz CT molecular complexity index is 2600. The number of aromatic nitrogens is 2. The molecule has 3 nitrogen and oxygen atoms in total. The molecule has 0 saturated heterocycles. The summed E-state index contributed by atoms with van der Waals surface area (Å²) in [7, 11) is 0. The Morgan fingerprint density at radius 3 is 1.89 bits per heavy atom. The predicted molar refractivity (Wildman–Crippen MR) is 185 cm³/mol. The molecule has 1 aliphatic heterocycles. The van der Waals surface area contributed by atoms with E-state index in [9.17, 15) is 0 Å². The van der Waals surface area contributed by atoms with Crippen LogP contribution in [0.25, 0.3) is 80.7 Å². The van der Waals surface area contributed by atoms with Gasteiger partial charge in [0, 0.05) is 20.2 Å². The van der Waals surface area contributed by atoms with Crippen LogP contribution in [0.5, 0.6) is 11.5 Å². The van der Waals surface area contributed by atoms with Crippen LogP contribution in [0.15, 0.2) is 127 Å². The van der Waals surface area contributed by atoms with E-state index in [1.165, 1.54) is 58.4 Å². The second kappa shape index (κ2) is 8.79. The second-order valence-electron chi connectivity index (χ2n) is 11.6. The highest BCUT2D eigenvalue weighted by Gasteiger charge is 2.24. The second-order valence-corrected chi connectivity index (χ2v) is 12.6. The van der Waals surface area contributed by atoms with Gasteiger partial charge in [-0.1, -0.05) is 91.0 Å². The Kier molecular flexibility index (Phi) is 4.80. The van der Waals surface area contributed by atoms with E-state index in [0.717, 1.165) is 39.6 Å². The van der Waals surface area contributed by atoms with E-state index < -0.39 is 0 Å². The van der Waals surface area contributed by atoms with E-state index in [-0.39, 0.29) is 0 Å². The van der Waals surface area contributed by atoms with Crippen LogP contribution >= 0.6 is 11.3 Å². The Morgan fingerprint density at radius 1 is 0.545 bits per heavy atom. The van der Waals surface area contributed by atoms with Crippen LogP contribution in [0, 0.1) is 6.92 Å². The molecule has 206 valence electrons. The van der Waals surface area contributed by atoms with Gasteiger partial charge in [-0.2, -0.15) is 0 Å². The maximum absolute atomic E-state index is 6.55. The lowest BCUT2D eigenvalue weighted by Crippen LogP contribution is -2.05. The Balaban J connectivity index is 1.23. The highest BCUT2D eigenvalue weighted by Crippen LogP contribution is 2.48. The molecule has 0 fully saturated rings. The summed E-state index contributed by atoms with van der Waals surface area (Å²) >= 11 is 1.87. The number of ether oxygens (including phenoxy) is 1. The number of fused-ring (bicyclic) bond motifs is 7. The van der Waals surface area contributed by atoms with Crippen LogP contribution in [0.2, 0.25) is 0 Å². The zero-order chi connectivity index (χ0) is 28.9. The first-order valence-electron chi connectivity index (χ1n) is 14.9. The van der Waals surface area contributed by atoms with Crippen molar-refractivity contribution in [2.75, 3.05) is 0 Å². The smallest absolute Gasteiger partial charge is 0.153 e. The highest BCUT2D eigenvalue weighted by atomic mass is 32.1. The van der Waals surface area contributed by atoms with Crippen molar-refractivity contribution in [3.05, 3.63) is 133 Å². The van der Waals surface area contributed by atoms with E-state index in [2.05, 4.69) is 121 Å². The quantitative estimate of drug-likeness (QED) is 0.190. The van der Waals surface area contributed by atoms with Gasteiger partial charge >= 0.3 is 0 Å². The van der Waals surface area contributed by atoms with Crippen molar-refractivity contribution < 1.29 is 4.74 Å². The number of hydrogen-bond acceptors (Lipinski definition) is 3. The number of imidazole rings is 1. The highest BCUT2D eigenvalue weighted by molar-refractivity contribution is 7.25. The number of nitrogens with zero attached hydrogens (tertiary/aromatic N) is 2. The summed E-state index contributed by atoms with van der Waals surface area (Å²) in [5.41, 5.74) is 7.88. The van der Waals surface area contributed by atoms with Gasteiger partial charge in [0.05, 0.1) is 11.2 Å². The number of para-hydroxylation sites is 1. The van der Waals surface area contributed by atoms with Crippen LogP contribution in [0.4, 0.5) is 0 Å². The normalized spacial score (nSPS) is 12.4. The lowest BCUT2D eigenvalue weighted by molar-refractivity contribution is 0.475. The minimum Gasteiger partial charge on any atom is -0.453 e. The molecular formula is C40H24N2OS. The first-order chi connectivity index (χ1) is 21.7. The molecule has 0 N–H and O–H groups in total. The van der Waals surface area contributed by atoms with Crippen molar-refractivity contribution in [2.45, 2.75) is 6.92 Å². The standard InChI is InChI=1S/C40H24N2OS/c1-23-41-32-14-8-15-34-40(32)42(23)33-20-18-24(21-35(33)43-34)38-28-10-2-4-12-30(28)39(31-13-5-3-11-29(31)38)25-17-19-27-26-9-6-7-16-36(26)44-37(27)22-25/h2-22H,1H3. The van der Waals surface area contributed by atoms with E-state index in [4.69, 9.17) is 9.72 Å². The van der Waals surface area contributed by atoms with Crippen molar-refractivity contribution in [2.24, 2.45) is 0 Å². The van der Waals surface area contributed by atoms with Gasteiger partial charge < -0.3 is 4.74 Å². The largest absolute Gasteiger partial charge is 0.453 e. The van der Waals surface area contributed by atoms with Crippen molar-refractivity contribution >= 4 is 64.1 Å². The Morgan fingerprint density at radius 2 is 1.16 bits per heavy atom. The molecule has 0 unspecified atom stereocenters. The summed E-state index contributed by atoms with van der Waals surface area (Å²) in [6, 6.07) is 46.1. The van der Waals surface area contributed by atoms with E-state index in [0.29, 0.717) is 0 Å². The first kappa shape index (κ1) is 24.0. The third-order valence-corrected chi connectivity index (χ3v) is 10.2. The fourth-order valence-corrected chi connectivity index (χ4v) is 8.42. The fraction of sp³-hybridized carbons (Fsp3) is 0.0250. The Hall–Kier alpha value is -5.45. The molecule has 3 heterocycles. The molecule has 0 aliphatic carbocycles. The molecule has 44 heavy (non-hydrogen) atoms. The molecule has 0 atom stereocenters. The summed E-state index contributed by atoms with van der Waals surface area (Å²) in [4.78, 5) is 4.80. The van der Waals surface area contributed by atoms with Crippen LogP contribution in [0.3, 0.4) is 0 Å².